The van der Waals surface area contributed by atoms with Crippen LogP contribution in [0, 0.1) is 18.8 Å². The van der Waals surface area contributed by atoms with Crippen molar-refractivity contribution < 1.29 is 4.79 Å². The first-order valence-electron chi connectivity index (χ1n) is 8.57. The predicted octanol–water partition coefficient (Wildman–Crippen LogP) is 3.97. The molecule has 1 aliphatic carbocycles. The maximum atomic E-state index is 12.4. The largest absolute Gasteiger partial charge is 0.342 e. The minimum atomic E-state index is 0.361. The molecule has 2 heteroatoms. The van der Waals surface area contributed by atoms with Crippen LogP contribution in [0.2, 0.25) is 0 Å². The number of aryl methyl sites for hydroxylation is 2. The number of rotatable bonds is 4. The summed E-state index contributed by atoms with van der Waals surface area (Å²) in [5, 5.41) is 0. The lowest BCUT2D eigenvalue weighted by Crippen LogP contribution is -2.44. The molecule has 0 N–H and O–H groups in total. The SMILES string of the molecule is Cc1ccccc1CC[C@@H]1CCCN(C(=O)C2CCC2)C1. The van der Waals surface area contributed by atoms with Crippen molar-refractivity contribution in [3.63, 3.8) is 0 Å². The van der Waals surface area contributed by atoms with Crippen LogP contribution >= 0.6 is 0 Å². The first-order valence-corrected chi connectivity index (χ1v) is 8.57. The Morgan fingerprint density at radius 2 is 2.00 bits per heavy atom. The molecule has 0 radical (unpaired) electrons. The third-order valence-corrected chi connectivity index (χ3v) is 5.37. The Bertz CT molecular complexity index is 492. The molecule has 21 heavy (non-hydrogen) atoms. The summed E-state index contributed by atoms with van der Waals surface area (Å²) in [6, 6.07) is 8.69. The van der Waals surface area contributed by atoms with Gasteiger partial charge in [-0.25, -0.2) is 0 Å². The number of hydrogen-bond acceptors (Lipinski definition) is 1. The Labute approximate surface area is 128 Å². The summed E-state index contributed by atoms with van der Waals surface area (Å²) in [5.74, 6) is 1.50. The summed E-state index contributed by atoms with van der Waals surface area (Å²) in [5.41, 5.74) is 2.87. The zero-order valence-corrected chi connectivity index (χ0v) is 13.2. The van der Waals surface area contributed by atoms with E-state index < -0.39 is 0 Å². The summed E-state index contributed by atoms with van der Waals surface area (Å²) in [6.07, 6.45) is 8.37. The molecule has 1 amide bonds. The monoisotopic (exact) mass is 285 g/mol. The molecule has 1 aromatic carbocycles. The van der Waals surface area contributed by atoms with E-state index in [4.69, 9.17) is 0 Å². The van der Waals surface area contributed by atoms with Gasteiger partial charge in [0.2, 0.25) is 5.91 Å². The van der Waals surface area contributed by atoms with Crippen LogP contribution in [0.15, 0.2) is 24.3 Å². The van der Waals surface area contributed by atoms with E-state index in [-0.39, 0.29) is 0 Å². The number of piperidine rings is 1. The van der Waals surface area contributed by atoms with E-state index in [0.29, 0.717) is 17.7 Å². The lowest BCUT2D eigenvalue weighted by Gasteiger charge is -2.37. The number of carbonyl (C=O) groups excluding carboxylic acids is 1. The van der Waals surface area contributed by atoms with Gasteiger partial charge < -0.3 is 4.90 Å². The van der Waals surface area contributed by atoms with E-state index in [1.165, 1.54) is 36.8 Å². The molecule has 0 bridgehead atoms. The van der Waals surface area contributed by atoms with Gasteiger partial charge in [0.15, 0.2) is 0 Å². The first kappa shape index (κ1) is 14.6. The molecule has 0 unspecified atom stereocenters. The summed E-state index contributed by atoms with van der Waals surface area (Å²) in [4.78, 5) is 14.5. The van der Waals surface area contributed by atoms with Crippen molar-refractivity contribution in [2.24, 2.45) is 11.8 Å². The van der Waals surface area contributed by atoms with Gasteiger partial charge in [0.25, 0.3) is 0 Å². The molecule has 1 atom stereocenters. The highest BCUT2D eigenvalue weighted by Gasteiger charge is 2.31. The summed E-state index contributed by atoms with van der Waals surface area (Å²) in [6.45, 7) is 4.19. The average molecular weight is 285 g/mol. The maximum absolute atomic E-state index is 12.4. The number of hydrogen-bond donors (Lipinski definition) is 0. The second kappa shape index (κ2) is 6.64. The van der Waals surface area contributed by atoms with Crippen molar-refractivity contribution in [3.8, 4) is 0 Å². The zero-order chi connectivity index (χ0) is 14.7. The quantitative estimate of drug-likeness (QED) is 0.820. The Kier molecular flexibility index (Phi) is 4.62. The van der Waals surface area contributed by atoms with E-state index in [0.717, 1.165) is 32.4 Å². The van der Waals surface area contributed by atoms with Crippen LogP contribution in [0.4, 0.5) is 0 Å². The third kappa shape index (κ3) is 3.48. The van der Waals surface area contributed by atoms with Crippen molar-refractivity contribution in [2.75, 3.05) is 13.1 Å². The molecular formula is C19H27NO. The molecule has 0 spiro atoms. The van der Waals surface area contributed by atoms with Gasteiger partial charge in [-0.15, -0.1) is 0 Å². The number of benzene rings is 1. The Balaban J connectivity index is 1.51. The average Bonchev–Trinajstić information content (AvgIpc) is 2.45. The highest BCUT2D eigenvalue weighted by atomic mass is 16.2. The van der Waals surface area contributed by atoms with Gasteiger partial charge in [0.05, 0.1) is 0 Å². The van der Waals surface area contributed by atoms with Crippen LogP contribution in [-0.4, -0.2) is 23.9 Å². The van der Waals surface area contributed by atoms with Gasteiger partial charge in [-0.3, -0.25) is 4.79 Å². The van der Waals surface area contributed by atoms with E-state index in [1.807, 2.05) is 0 Å². The lowest BCUT2D eigenvalue weighted by molar-refractivity contribution is -0.140. The molecule has 1 aliphatic heterocycles. The number of nitrogens with zero attached hydrogens (tertiary/aromatic N) is 1. The van der Waals surface area contributed by atoms with Crippen molar-refractivity contribution in [1.29, 1.82) is 0 Å². The minimum Gasteiger partial charge on any atom is -0.342 e. The fourth-order valence-corrected chi connectivity index (χ4v) is 3.66. The summed E-state index contributed by atoms with van der Waals surface area (Å²) in [7, 11) is 0. The molecule has 1 heterocycles. The van der Waals surface area contributed by atoms with Gasteiger partial charge in [-0.2, -0.15) is 0 Å². The number of carbonyl (C=O) groups is 1. The highest BCUT2D eigenvalue weighted by Crippen LogP contribution is 2.30. The Hall–Kier alpha value is -1.31. The normalized spacial score (nSPS) is 22.9. The molecule has 1 saturated heterocycles. The van der Waals surface area contributed by atoms with Crippen LogP contribution in [-0.2, 0) is 11.2 Å². The molecule has 1 saturated carbocycles. The fraction of sp³-hybridized carbons (Fsp3) is 0.632. The smallest absolute Gasteiger partial charge is 0.225 e. The molecule has 0 aromatic heterocycles. The van der Waals surface area contributed by atoms with Crippen LogP contribution in [0.1, 0.15) is 49.7 Å². The third-order valence-electron chi connectivity index (χ3n) is 5.37. The van der Waals surface area contributed by atoms with Crippen LogP contribution in [0.25, 0.3) is 0 Å². The second-order valence-electron chi connectivity index (χ2n) is 6.89. The summed E-state index contributed by atoms with van der Waals surface area (Å²) >= 11 is 0. The van der Waals surface area contributed by atoms with E-state index in [2.05, 4.69) is 36.1 Å². The summed E-state index contributed by atoms with van der Waals surface area (Å²) < 4.78 is 0. The van der Waals surface area contributed by atoms with E-state index >= 15 is 0 Å². The van der Waals surface area contributed by atoms with E-state index in [1.54, 1.807) is 0 Å². The zero-order valence-electron chi connectivity index (χ0n) is 13.2. The topological polar surface area (TPSA) is 20.3 Å². The second-order valence-corrected chi connectivity index (χ2v) is 6.89. The van der Waals surface area contributed by atoms with E-state index in [9.17, 15) is 4.79 Å². The van der Waals surface area contributed by atoms with Crippen LogP contribution in [0.5, 0.6) is 0 Å². The number of likely N-dealkylation sites (tertiary alicyclic amines) is 1. The van der Waals surface area contributed by atoms with Crippen molar-refractivity contribution in [2.45, 2.75) is 51.9 Å². The number of amides is 1. The maximum Gasteiger partial charge on any atom is 0.225 e. The molecular weight excluding hydrogens is 258 g/mol. The molecule has 1 aromatic rings. The molecule has 114 valence electrons. The Morgan fingerprint density at radius 1 is 1.19 bits per heavy atom. The molecule has 2 fully saturated rings. The molecule has 2 aliphatic rings. The first-order chi connectivity index (χ1) is 10.2. The van der Waals surface area contributed by atoms with Gasteiger partial charge >= 0.3 is 0 Å². The van der Waals surface area contributed by atoms with Gasteiger partial charge in [-0.05, 0) is 62.5 Å². The van der Waals surface area contributed by atoms with Crippen molar-refractivity contribution in [1.82, 2.24) is 4.90 Å². The molecule has 3 rings (SSSR count). The Morgan fingerprint density at radius 3 is 2.71 bits per heavy atom. The van der Waals surface area contributed by atoms with Crippen LogP contribution < -0.4 is 0 Å². The van der Waals surface area contributed by atoms with Crippen LogP contribution in [0.3, 0.4) is 0 Å². The molecule has 2 nitrogen and oxygen atoms in total. The highest BCUT2D eigenvalue weighted by molar-refractivity contribution is 5.79. The van der Waals surface area contributed by atoms with Gasteiger partial charge in [0, 0.05) is 19.0 Å². The lowest BCUT2D eigenvalue weighted by atomic mass is 9.83. The predicted molar refractivity (Wildman–Crippen MR) is 86.1 cm³/mol. The van der Waals surface area contributed by atoms with Crippen molar-refractivity contribution >= 4 is 5.91 Å². The standard InChI is InChI=1S/C19H27NO/c1-15-6-2-3-8-17(15)12-11-16-7-5-13-20(14-16)19(21)18-9-4-10-18/h2-3,6,8,16,18H,4-5,7,9-14H2,1H3/t16-/m0/s1. The van der Waals surface area contributed by atoms with Gasteiger partial charge in [0.1, 0.15) is 0 Å². The van der Waals surface area contributed by atoms with Crippen molar-refractivity contribution in [3.05, 3.63) is 35.4 Å². The minimum absolute atomic E-state index is 0.361. The van der Waals surface area contributed by atoms with Gasteiger partial charge in [-0.1, -0.05) is 30.7 Å². The fourth-order valence-electron chi connectivity index (χ4n) is 3.66.